The van der Waals surface area contributed by atoms with Crippen molar-refractivity contribution in [2.24, 2.45) is 5.73 Å². The molecule has 1 aliphatic rings. The highest BCUT2D eigenvalue weighted by Crippen LogP contribution is 2.18. The van der Waals surface area contributed by atoms with Crippen molar-refractivity contribution in [1.29, 1.82) is 0 Å². The fourth-order valence-electron chi connectivity index (χ4n) is 1.83. The fourth-order valence-corrected chi connectivity index (χ4v) is 2.72. The molecule has 3 nitrogen and oxygen atoms in total. The van der Waals surface area contributed by atoms with Crippen molar-refractivity contribution in [2.75, 3.05) is 29.5 Å². The predicted molar refractivity (Wildman–Crippen MR) is 71.0 cm³/mol. The van der Waals surface area contributed by atoms with E-state index < -0.39 is 0 Å². The number of hydrogen-bond acceptors (Lipinski definition) is 4. The highest BCUT2D eigenvalue weighted by molar-refractivity contribution is 7.99. The van der Waals surface area contributed by atoms with Gasteiger partial charge in [0.05, 0.1) is 0 Å². The third-order valence-electron chi connectivity index (χ3n) is 2.84. The second kappa shape index (κ2) is 5.55. The Morgan fingerprint density at radius 1 is 1.38 bits per heavy atom. The summed E-state index contributed by atoms with van der Waals surface area (Å²) in [7, 11) is 0. The summed E-state index contributed by atoms with van der Waals surface area (Å²) in [6.45, 7) is 4.21. The number of anilines is 1. The van der Waals surface area contributed by atoms with E-state index in [0.29, 0.717) is 0 Å². The quantitative estimate of drug-likeness (QED) is 0.855. The van der Waals surface area contributed by atoms with E-state index in [4.69, 9.17) is 5.73 Å². The van der Waals surface area contributed by atoms with Crippen LogP contribution in [-0.2, 0) is 0 Å². The predicted octanol–water partition coefficient (Wildman–Crippen LogP) is 2.04. The number of pyridine rings is 1. The van der Waals surface area contributed by atoms with Crippen LogP contribution in [-0.4, -0.2) is 29.6 Å². The van der Waals surface area contributed by atoms with Gasteiger partial charge in [-0.05, 0) is 30.7 Å². The van der Waals surface area contributed by atoms with Crippen LogP contribution in [0.5, 0.6) is 0 Å². The van der Waals surface area contributed by atoms with Gasteiger partial charge in [0.1, 0.15) is 5.82 Å². The Kier molecular flexibility index (Phi) is 4.07. The van der Waals surface area contributed by atoms with Crippen LogP contribution in [0.25, 0.3) is 0 Å². The Morgan fingerprint density at radius 2 is 2.25 bits per heavy atom. The summed E-state index contributed by atoms with van der Waals surface area (Å²) in [6.07, 6.45) is 3.15. The van der Waals surface area contributed by atoms with Gasteiger partial charge in [0.25, 0.3) is 0 Å². The number of nitrogens with two attached hydrogens (primary N) is 1. The van der Waals surface area contributed by atoms with Crippen LogP contribution in [0.1, 0.15) is 24.9 Å². The van der Waals surface area contributed by atoms with E-state index in [1.807, 2.05) is 24.9 Å². The van der Waals surface area contributed by atoms with E-state index in [1.54, 1.807) is 0 Å². The van der Waals surface area contributed by atoms with Crippen LogP contribution in [0.2, 0.25) is 0 Å². The van der Waals surface area contributed by atoms with Crippen LogP contribution in [0.3, 0.4) is 0 Å². The molecule has 88 valence electrons. The van der Waals surface area contributed by atoms with Crippen molar-refractivity contribution < 1.29 is 0 Å². The minimum atomic E-state index is 0.0706. The van der Waals surface area contributed by atoms with Crippen LogP contribution in [0, 0.1) is 0 Å². The van der Waals surface area contributed by atoms with E-state index in [2.05, 4.69) is 22.0 Å². The van der Waals surface area contributed by atoms with E-state index in [-0.39, 0.29) is 6.04 Å². The van der Waals surface area contributed by atoms with Crippen LogP contribution < -0.4 is 10.6 Å². The molecule has 2 N–H and O–H groups in total. The van der Waals surface area contributed by atoms with Gasteiger partial charge >= 0.3 is 0 Å². The number of rotatable bonds is 2. The molecule has 2 heterocycles. The van der Waals surface area contributed by atoms with Gasteiger partial charge in [-0.1, -0.05) is 6.07 Å². The molecule has 1 aromatic heterocycles. The number of thioether (sulfide) groups is 1. The van der Waals surface area contributed by atoms with Crippen molar-refractivity contribution in [3.05, 3.63) is 23.9 Å². The molecular formula is C12H19N3S. The molecule has 1 atom stereocenters. The molecule has 4 heteroatoms. The topological polar surface area (TPSA) is 42.1 Å². The highest BCUT2D eigenvalue weighted by atomic mass is 32.2. The van der Waals surface area contributed by atoms with Crippen molar-refractivity contribution >= 4 is 17.6 Å². The maximum absolute atomic E-state index is 5.81. The normalized spacial score (nSPS) is 19.2. The third kappa shape index (κ3) is 2.89. The Hall–Kier alpha value is -0.740. The second-order valence-electron chi connectivity index (χ2n) is 4.19. The molecule has 0 radical (unpaired) electrons. The molecule has 0 saturated carbocycles. The molecule has 0 bridgehead atoms. The summed E-state index contributed by atoms with van der Waals surface area (Å²) >= 11 is 2.03. The summed E-state index contributed by atoms with van der Waals surface area (Å²) < 4.78 is 0. The van der Waals surface area contributed by atoms with E-state index in [0.717, 1.165) is 24.5 Å². The van der Waals surface area contributed by atoms with Crippen LogP contribution >= 0.6 is 11.8 Å². The highest BCUT2D eigenvalue weighted by Gasteiger charge is 2.11. The van der Waals surface area contributed by atoms with Crippen molar-refractivity contribution in [3.63, 3.8) is 0 Å². The molecule has 0 unspecified atom stereocenters. The first-order chi connectivity index (χ1) is 7.77. The average Bonchev–Trinajstić information content (AvgIpc) is 2.57. The molecule has 0 aliphatic carbocycles. The van der Waals surface area contributed by atoms with Crippen molar-refractivity contribution in [3.8, 4) is 0 Å². The Morgan fingerprint density at radius 3 is 2.94 bits per heavy atom. The first-order valence-corrected chi connectivity index (χ1v) is 6.97. The molecule has 1 aromatic rings. The van der Waals surface area contributed by atoms with Gasteiger partial charge in [0, 0.05) is 31.1 Å². The summed E-state index contributed by atoms with van der Waals surface area (Å²) in [5, 5.41) is 0. The molecule has 16 heavy (non-hydrogen) atoms. The minimum Gasteiger partial charge on any atom is -0.356 e. The molecule has 0 aromatic carbocycles. The molecule has 1 fully saturated rings. The van der Waals surface area contributed by atoms with Crippen LogP contribution in [0.4, 0.5) is 5.82 Å². The zero-order valence-corrected chi connectivity index (χ0v) is 10.5. The summed E-state index contributed by atoms with van der Waals surface area (Å²) in [4.78, 5) is 6.87. The minimum absolute atomic E-state index is 0.0706. The first kappa shape index (κ1) is 11.7. The Labute approximate surface area is 101 Å². The van der Waals surface area contributed by atoms with E-state index >= 15 is 0 Å². The molecule has 0 amide bonds. The molecular weight excluding hydrogens is 218 g/mol. The van der Waals surface area contributed by atoms with E-state index in [9.17, 15) is 0 Å². The van der Waals surface area contributed by atoms with Gasteiger partial charge in [-0.2, -0.15) is 11.8 Å². The van der Waals surface area contributed by atoms with E-state index in [1.165, 1.54) is 17.9 Å². The van der Waals surface area contributed by atoms with Crippen molar-refractivity contribution in [2.45, 2.75) is 19.4 Å². The largest absolute Gasteiger partial charge is 0.356 e. The maximum atomic E-state index is 5.81. The molecule has 1 aliphatic heterocycles. The van der Waals surface area contributed by atoms with Gasteiger partial charge < -0.3 is 10.6 Å². The molecule has 0 spiro atoms. The zero-order chi connectivity index (χ0) is 11.4. The van der Waals surface area contributed by atoms with Gasteiger partial charge in [-0.15, -0.1) is 0 Å². The summed E-state index contributed by atoms with van der Waals surface area (Å²) in [6, 6.07) is 4.25. The smallest absolute Gasteiger partial charge is 0.128 e. The Bertz CT molecular complexity index is 316. The monoisotopic (exact) mass is 237 g/mol. The standard InChI is InChI=1S/C12H19N3S/c1-10(13)11-3-4-12(14-9-11)15-5-2-7-16-8-6-15/h3-4,9-10H,2,5-8,13H2,1H3/t10-/m0/s1. The lowest BCUT2D eigenvalue weighted by Crippen LogP contribution is -2.26. The lowest BCUT2D eigenvalue weighted by molar-refractivity contribution is 0.786. The third-order valence-corrected chi connectivity index (χ3v) is 3.89. The zero-order valence-electron chi connectivity index (χ0n) is 9.72. The second-order valence-corrected chi connectivity index (χ2v) is 5.42. The molecule has 1 saturated heterocycles. The molecule has 2 rings (SSSR count). The van der Waals surface area contributed by atoms with Crippen LogP contribution in [0.15, 0.2) is 18.3 Å². The van der Waals surface area contributed by atoms with Gasteiger partial charge in [0.15, 0.2) is 0 Å². The van der Waals surface area contributed by atoms with Gasteiger partial charge in [-0.25, -0.2) is 4.98 Å². The fraction of sp³-hybridized carbons (Fsp3) is 0.583. The summed E-state index contributed by atoms with van der Waals surface area (Å²) in [5.74, 6) is 3.57. The SMILES string of the molecule is C[C@H](N)c1ccc(N2CCCSCC2)nc1. The first-order valence-electron chi connectivity index (χ1n) is 5.81. The maximum Gasteiger partial charge on any atom is 0.128 e. The average molecular weight is 237 g/mol. The Balaban J connectivity index is 2.07. The van der Waals surface area contributed by atoms with Crippen molar-refractivity contribution in [1.82, 2.24) is 4.98 Å². The lowest BCUT2D eigenvalue weighted by Gasteiger charge is -2.21. The lowest BCUT2D eigenvalue weighted by atomic mass is 10.1. The number of aromatic nitrogens is 1. The number of nitrogens with zero attached hydrogens (tertiary/aromatic N) is 2. The number of hydrogen-bond donors (Lipinski definition) is 1. The van der Waals surface area contributed by atoms with Gasteiger partial charge in [-0.3, -0.25) is 0 Å². The summed E-state index contributed by atoms with van der Waals surface area (Å²) in [5.41, 5.74) is 6.91. The van der Waals surface area contributed by atoms with Gasteiger partial charge in [0.2, 0.25) is 0 Å².